The van der Waals surface area contributed by atoms with E-state index in [0.29, 0.717) is 42.5 Å². The van der Waals surface area contributed by atoms with Crippen LogP contribution in [0.25, 0.3) is 0 Å². The van der Waals surface area contributed by atoms with Crippen molar-refractivity contribution in [3.63, 3.8) is 0 Å². The minimum atomic E-state index is -2.56. The van der Waals surface area contributed by atoms with Gasteiger partial charge >= 0.3 is 0 Å². The molecule has 3 aliphatic carbocycles. The van der Waals surface area contributed by atoms with Gasteiger partial charge in [-0.3, -0.25) is 4.79 Å². The van der Waals surface area contributed by atoms with E-state index in [1.807, 2.05) is 36.4 Å². The second-order valence-corrected chi connectivity index (χ2v) is 12.3. The molecule has 0 spiro atoms. The molecule has 0 aromatic heterocycles. The normalized spacial score (nSPS) is 26.4. The molecule has 3 fully saturated rings. The molecule has 3 saturated carbocycles. The SMILES string of the molecule is CC1(C)C2CC(=O)C(CP(=O)(Cc3ccccc3)Cc3ccccc3)C1C2. The van der Waals surface area contributed by atoms with E-state index in [1.165, 1.54) is 0 Å². The molecule has 0 radical (unpaired) electrons. The summed E-state index contributed by atoms with van der Waals surface area (Å²) in [5.74, 6) is 1.28. The zero-order chi connectivity index (χ0) is 19.1. The minimum absolute atomic E-state index is 0.0248. The third-order valence-electron chi connectivity index (χ3n) is 7.05. The van der Waals surface area contributed by atoms with Gasteiger partial charge in [0.2, 0.25) is 0 Å². The Labute approximate surface area is 162 Å². The predicted molar refractivity (Wildman–Crippen MR) is 111 cm³/mol. The Kier molecular flexibility index (Phi) is 4.89. The van der Waals surface area contributed by atoms with Gasteiger partial charge in [0.25, 0.3) is 0 Å². The molecular weight excluding hydrogens is 351 g/mol. The van der Waals surface area contributed by atoms with Crippen molar-refractivity contribution in [1.82, 2.24) is 0 Å². The van der Waals surface area contributed by atoms with Crippen molar-refractivity contribution >= 4 is 12.9 Å². The van der Waals surface area contributed by atoms with Crippen LogP contribution in [0.2, 0.25) is 0 Å². The molecule has 0 amide bonds. The number of ketones is 1. The van der Waals surface area contributed by atoms with Gasteiger partial charge in [0.15, 0.2) is 0 Å². The fourth-order valence-corrected chi connectivity index (χ4v) is 8.61. The third-order valence-corrected chi connectivity index (χ3v) is 9.99. The molecule has 2 nitrogen and oxygen atoms in total. The van der Waals surface area contributed by atoms with Gasteiger partial charge in [0, 0.05) is 30.8 Å². The zero-order valence-electron chi connectivity index (χ0n) is 16.3. The highest BCUT2D eigenvalue weighted by molar-refractivity contribution is 7.62. The van der Waals surface area contributed by atoms with Crippen molar-refractivity contribution in [2.24, 2.45) is 23.2 Å². The van der Waals surface area contributed by atoms with Gasteiger partial charge in [-0.25, -0.2) is 0 Å². The molecule has 3 aliphatic rings. The Morgan fingerprint density at radius 3 is 1.93 bits per heavy atom. The van der Waals surface area contributed by atoms with Crippen LogP contribution >= 0.6 is 7.14 Å². The van der Waals surface area contributed by atoms with E-state index in [-0.39, 0.29) is 11.3 Å². The second-order valence-electron chi connectivity index (χ2n) is 9.17. The largest absolute Gasteiger partial charge is 0.323 e. The summed E-state index contributed by atoms with van der Waals surface area (Å²) in [5, 5.41) is 0. The highest BCUT2D eigenvalue weighted by Gasteiger charge is 2.58. The molecule has 2 bridgehead atoms. The number of carbonyl (C=O) groups excluding carboxylic acids is 1. The number of hydrogen-bond donors (Lipinski definition) is 0. The van der Waals surface area contributed by atoms with Crippen LogP contribution in [0.15, 0.2) is 60.7 Å². The first kappa shape index (κ1) is 18.7. The van der Waals surface area contributed by atoms with Crippen molar-refractivity contribution in [3.8, 4) is 0 Å². The van der Waals surface area contributed by atoms with E-state index in [4.69, 9.17) is 0 Å². The molecule has 0 N–H and O–H groups in total. The Morgan fingerprint density at radius 1 is 0.926 bits per heavy atom. The maximum Gasteiger partial charge on any atom is 0.137 e. The van der Waals surface area contributed by atoms with Crippen LogP contribution in [0.1, 0.15) is 37.8 Å². The Balaban J connectivity index is 1.61. The minimum Gasteiger partial charge on any atom is -0.323 e. The fraction of sp³-hybridized carbons (Fsp3) is 0.458. The number of carbonyl (C=O) groups is 1. The molecule has 0 heterocycles. The van der Waals surface area contributed by atoms with Gasteiger partial charge in [0.1, 0.15) is 5.78 Å². The summed E-state index contributed by atoms with van der Waals surface area (Å²) in [5.41, 5.74) is 2.46. The zero-order valence-corrected chi connectivity index (χ0v) is 17.2. The molecule has 142 valence electrons. The lowest BCUT2D eigenvalue weighted by Crippen LogP contribution is -2.56. The molecule has 2 aromatic rings. The van der Waals surface area contributed by atoms with Crippen LogP contribution in [0.3, 0.4) is 0 Å². The van der Waals surface area contributed by atoms with E-state index >= 15 is 0 Å². The number of rotatable bonds is 6. The fourth-order valence-electron chi connectivity index (χ4n) is 5.31. The molecule has 0 aliphatic heterocycles. The standard InChI is InChI=1S/C24H29O2P/c1-24(2)20-13-22(24)21(23(25)14-20)17-27(26,15-18-9-5-3-6-10-18)16-19-11-7-4-8-12-19/h3-12,20-22H,13-17H2,1-2H3. The van der Waals surface area contributed by atoms with Gasteiger partial charge in [-0.1, -0.05) is 74.5 Å². The van der Waals surface area contributed by atoms with Gasteiger partial charge in [-0.05, 0) is 34.8 Å². The van der Waals surface area contributed by atoms with Crippen LogP contribution in [-0.2, 0) is 21.7 Å². The first-order valence-corrected chi connectivity index (χ1v) is 12.3. The molecular formula is C24H29O2P. The van der Waals surface area contributed by atoms with Crippen LogP contribution in [-0.4, -0.2) is 11.9 Å². The summed E-state index contributed by atoms with van der Waals surface area (Å²) in [4.78, 5) is 12.8. The predicted octanol–water partition coefficient (Wildman–Crippen LogP) is 6.00. The van der Waals surface area contributed by atoms with Crippen LogP contribution in [0.4, 0.5) is 0 Å². The summed E-state index contributed by atoms with van der Waals surface area (Å²) in [6, 6.07) is 20.3. The van der Waals surface area contributed by atoms with E-state index in [2.05, 4.69) is 38.1 Å². The van der Waals surface area contributed by atoms with Crippen molar-refractivity contribution < 1.29 is 9.36 Å². The van der Waals surface area contributed by atoms with Crippen molar-refractivity contribution in [2.45, 2.75) is 39.0 Å². The number of fused-ring (bicyclic) bond motifs is 2. The van der Waals surface area contributed by atoms with Gasteiger partial charge in [-0.2, -0.15) is 0 Å². The lowest BCUT2D eigenvalue weighted by Gasteiger charge is -2.59. The first-order valence-electron chi connectivity index (χ1n) is 10.0. The van der Waals surface area contributed by atoms with Crippen LogP contribution in [0.5, 0.6) is 0 Å². The number of Topliss-reactive ketones (excluding diaryl/α,β-unsaturated/α-hetero) is 1. The summed E-state index contributed by atoms with van der Waals surface area (Å²) >= 11 is 0. The lowest BCUT2D eigenvalue weighted by atomic mass is 9.45. The number of hydrogen-bond acceptors (Lipinski definition) is 2. The van der Waals surface area contributed by atoms with E-state index in [9.17, 15) is 9.36 Å². The smallest absolute Gasteiger partial charge is 0.137 e. The summed E-state index contributed by atoms with van der Waals surface area (Å²) in [6.45, 7) is 4.59. The molecule has 3 atom stereocenters. The third kappa shape index (κ3) is 3.69. The van der Waals surface area contributed by atoms with E-state index < -0.39 is 7.14 Å². The second kappa shape index (κ2) is 7.06. The highest BCUT2D eigenvalue weighted by Crippen LogP contribution is 2.64. The molecule has 3 heteroatoms. The Morgan fingerprint density at radius 2 is 1.44 bits per heavy atom. The monoisotopic (exact) mass is 380 g/mol. The molecule has 27 heavy (non-hydrogen) atoms. The number of benzene rings is 2. The first-order chi connectivity index (χ1) is 12.9. The average molecular weight is 380 g/mol. The van der Waals surface area contributed by atoms with Gasteiger partial charge in [-0.15, -0.1) is 0 Å². The van der Waals surface area contributed by atoms with Gasteiger partial charge in [0.05, 0.1) is 7.14 Å². The lowest BCUT2D eigenvalue weighted by molar-refractivity contribution is -0.152. The average Bonchev–Trinajstić information content (AvgIpc) is 2.64. The highest BCUT2D eigenvalue weighted by atomic mass is 31.2. The van der Waals surface area contributed by atoms with Crippen LogP contribution < -0.4 is 0 Å². The summed E-state index contributed by atoms with van der Waals surface area (Å²) in [7, 11) is -2.56. The van der Waals surface area contributed by atoms with Crippen molar-refractivity contribution in [2.75, 3.05) is 6.16 Å². The summed E-state index contributed by atoms with van der Waals surface area (Å²) in [6.07, 6.45) is 3.56. The Bertz CT molecular complexity index is 811. The quantitative estimate of drug-likeness (QED) is 0.576. The molecule has 0 saturated heterocycles. The van der Waals surface area contributed by atoms with Crippen molar-refractivity contribution in [3.05, 3.63) is 71.8 Å². The van der Waals surface area contributed by atoms with E-state index in [1.54, 1.807) is 0 Å². The molecule has 5 rings (SSSR count). The summed E-state index contributed by atoms with van der Waals surface area (Å²) < 4.78 is 14.2. The topological polar surface area (TPSA) is 34.1 Å². The van der Waals surface area contributed by atoms with Crippen LogP contribution in [0, 0.1) is 23.2 Å². The van der Waals surface area contributed by atoms with Crippen molar-refractivity contribution in [1.29, 1.82) is 0 Å². The maximum atomic E-state index is 14.2. The van der Waals surface area contributed by atoms with Gasteiger partial charge < -0.3 is 4.57 Å². The van der Waals surface area contributed by atoms with E-state index in [0.717, 1.165) is 17.5 Å². The maximum absolute atomic E-state index is 14.2. The molecule has 2 aromatic carbocycles. The Hall–Kier alpha value is -1.66. The molecule has 3 unspecified atom stereocenters.